The minimum atomic E-state index is -1.33. The number of hydrogen-bond acceptors (Lipinski definition) is 2. The van der Waals surface area contributed by atoms with Crippen LogP contribution in [0.15, 0.2) is 24.3 Å². The smallest absolute Gasteiger partial charge is 0.309 e. The topological polar surface area (TPSA) is 57.5 Å². The third-order valence-corrected chi connectivity index (χ3v) is 3.77. The predicted octanol–water partition coefficient (Wildman–Crippen LogP) is 3.35. The highest BCUT2D eigenvalue weighted by Gasteiger charge is 2.38. The number of carbonyl (C=O) groups is 1. The van der Waals surface area contributed by atoms with Crippen molar-refractivity contribution in [2.45, 2.75) is 52.1 Å². The first kappa shape index (κ1) is 15.7. The number of aliphatic hydroxyl groups is 1. The van der Waals surface area contributed by atoms with Crippen molar-refractivity contribution in [2.75, 3.05) is 0 Å². The zero-order chi connectivity index (χ0) is 14.5. The van der Waals surface area contributed by atoms with Crippen LogP contribution >= 0.6 is 0 Å². The summed E-state index contributed by atoms with van der Waals surface area (Å²) in [5, 5.41) is 20.0. The molecule has 0 aliphatic rings. The molecule has 0 fully saturated rings. The molecule has 0 saturated carbocycles. The van der Waals surface area contributed by atoms with Crippen LogP contribution in [-0.4, -0.2) is 16.2 Å². The van der Waals surface area contributed by atoms with Crippen LogP contribution in [-0.2, 0) is 16.8 Å². The number of carboxylic acid groups (broad SMARTS) is 1. The lowest BCUT2D eigenvalue weighted by Gasteiger charge is -2.30. The second kappa shape index (κ2) is 6.71. The molecule has 0 heterocycles. The van der Waals surface area contributed by atoms with Gasteiger partial charge in [0.1, 0.15) is 5.60 Å². The van der Waals surface area contributed by atoms with Gasteiger partial charge < -0.3 is 10.2 Å². The largest absolute Gasteiger partial charge is 0.481 e. The zero-order valence-electron chi connectivity index (χ0n) is 12.0. The molecule has 0 aromatic heterocycles. The molecular formula is C16H24O3. The molecule has 0 bridgehead atoms. The fourth-order valence-corrected chi connectivity index (χ4v) is 2.33. The van der Waals surface area contributed by atoms with Crippen molar-refractivity contribution < 1.29 is 15.0 Å². The Hall–Kier alpha value is -1.35. The van der Waals surface area contributed by atoms with Gasteiger partial charge in [-0.1, -0.05) is 51.0 Å². The maximum absolute atomic E-state index is 11.4. The van der Waals surface area contributed by atoms with E-state index in [0.717, 1.165) is 19.3 Å². The maximum Gasteiger partial charge on any atom is 0.309 e. The minimum absolute atomic E-state index is 0.494. The Morgan fingerprint density at radius 1 is 1.26 bits per heavy atom. The number of carboxylic acids is 1. The van der Waals surface area contributed by atoms with Crippen molar-refractivity contribution in [1.29, 1.82) is 0 Å². The normalized spacial score (nSPS) is 15.8. The second-order valence-electron chi connectivity index (χ2n) is 5.23. The summed E-state index contributed by atoms with van der Waals surface area (Å²) >= 11 is 0. The molecule has 2 atom stereocenters. The van der Waals surface area contributed by atoms with Crippen molar-refractivity contribution >= 4 is 5.97 Å². The number of rotatable bonds is 7. The quantitative estimate of drug-likeness (QED) is 0.794. The fraction of sp³-hybridized carbons (Fsp3) is 0.562. The van der Waals surface area contributed by atoms with Crippen molar-refractivity contribution in [3.8, 4) is 0 Å². The lowest BCUT2D eigenvalue weighted by Crippen LogP contribution is -2.37. The highest BCUT2D eigenvalue weighted by molar-refractivity contribution is 5.72. The zero-order valence-corrected chi connectivity index (χ0v) is 12.0. The molecule has 106 valence electrons. The van der Waals surface area contributed by atoms with E-state index >= 15 is 0 Å². The van der Waals surface area contributed by atoms with Crippen LogP contribution in [0.1, 0.15) is 51.2 Å². The summed E-state index contributed by atoms with van der Waals surface area (Å²) in [7, 11) is 0. The maximum atomic E-state index is 11.4. The Balaban J connectivity index is 2.99. The minimum Gasteiger partial charge on any atom is -0.481 e. The Morgan fingerprint density at radius 2 is 1.84 bits per heavy atom. The third-order valence-electron chi connectivity index (χ3n) is 3.77. The van der Waals surface area contributed by atoms with Gasteiger partial charge in [-0.25, -0.2) is 0 Å². The molecule has 3 nitrogen and oxygen atoms in total. The van der Waals surface area contributed by atoms with E-state index in [9.17, 15) is 15.0 Å². The highest BCUT2D eigenvalue weighted by atomic mass is 16.4. The molecule has 1 rings (SSSR count). The number of unbranched alkanes of at least 4 members (excludes halogenated alkanes) is 1. The van der Waals surface area contributed by atoms with E-state index in [0.29, 0.717) is 12.0 Å². The molecule has 0 aliphatic carbocycles. The van der Waals surface area contributed by atoms with Crippen molar-refractivity contribution in [1.82, 2.24) is 0 Å². The molecule has 19 heavy (non-hydrogen) atoms. The van der Waals surface area contributed by atoms with E-state index < -0.39 is 17.5 Å². The number of aryl methyl sites for hydroxylation is 1. The lowest BCUT2D eigenvalue weighted by atomic mass is 9.80. The van der Waals surface area contributed by atoms with Crippen LogP contribution in [0.2, 0.25) is 0 Å². The Kier molecular flexibility index (Phi) is 5.55. The summed E-state index contributed by atoms with van der Waals surface area (Å²) in [6.07, 6.45) is 3.16. The standard InChI is InChI=1S/C16H24O3/c1-4-6-7-14(15(17)18)16(3,19)13-10-8-12(5-2)9-11-13/h8-11,14,19H,4-7H2,1-3H3,(H,17,18). The van der Waals surface area contributed by atoms with Crippen LogP contribution in [0, 0.1) is 5.92 Å². The van der Waals surface area contributed by atoms with Crippen LogP contribution in [0.3, 0.4) is 0 Å². The van der Waals surface area contributed by atoms with Gasteiger partial charge in [-0.3, -0.25) is 4.79 Å². The Labute approximate surface area is 115 Å². The highest BCUT2D eigenvalue weighted by Crippen LogP contribution is 2.33. The van der Waals surface area contributed by atoms with Gasteiger partial charge in [-0.2, -0.15) is 0 Å². The molecule has 2 N–H and O–H groups in total. The van der Waals surface area contributed by atoms with E-state index in [4.69, 9.17) is 0 Å². The first-order valence-electron chi connectivity index (χ1n) is 6.98. The van der Waals surface area contributed by atoms with E-state index in [1.54, 1.807) is 6.92 Å². The molecule has 0 amide bonds. The van der Waals surface area contributed by atoms with Crippen molar-refractivity contribution in [3.05, 3.63) is 35.4 Å². The van der Waals surface area contributed by atoms with Gasteiger partial charge in [-0.05, 0) is 30.9 Å². The van der Waals surface area contributed by atoms with Gasteiger partial charge >= 0.3 is 5.97 Å². The molecule has 1 aromatic carbocycles. The summed E-state index contributed by atoms with van der Waals surface area (Å²) in [6.45, 7) is 5.68. The number of benzene rings is 1. The van der Waals surface area contributed by atoms with Gasteiger partial charge in [0.2, 0.25) is 0 Å². The molecule has 2 unspecified atom stereocenters. The van der Waals surface area contributed by atoms with E-state index in [1.807, 2.05) is 31.2 Å². The molecule has 0 radical (unpaired) electrons. The average molecular weight is 264 g/mol. The van der Waals surface area contributed by atoms with Crippen molar-refractivity contribution in [2.24, 2.45) is 5.92 Å². The fourth-order valence-electron chi connectivity index (χ4n) is 2.33. The van der Waals surface area contributed by atoms with Crippen LogP contribution in [0.25, 0.3) is 0 Å². The monoisotopic (exact) mass is 264 g/mol. The van der Waals surface area contributed by atoms with Gasteiger partial charge in [0, 0.05) is 0 Å². The predicted molar refractivity (Wildman–Crippen MR) is 76.0 cm³/mol. The lowest BCUT2D eigenvalue weighted by molar-refractivity contribution is -0.152. The molecular weight excluding hydrogens is 240 g/mol. The Bertz CT molecular complexity index is 407. The molecule has 0 aliphatic heterocycles. The van der Waals surface area contributed by atoms with Crippen molar-refractivity contribution in [3.63, 3.8) is 0 Å². The molecule has 3 heteroatoms. The second-order valence-corrected chi connectivity index (χ2v) is 5.23. The number of aliphatic carboxylic acids is 1. The number of hydrogen-bond donors (Lipinski definition) is 2. The molecule has 0 spiro atoms. The van der Waals surface area contributed by atoms with Crippen LogP contribution in [0.5, 0.6) is 0 Å². The van der Waals surface area contributed by atoms with Gasteiger partial charge in [0.15, 0.2) is 0 Å². The van der Waals surface area contributed by atoms with E-state index in [2.05, 4.69) is 6.92 Å². The first-order chi connectivity index (χ1) is 8.93. The van der Waals surface area contributed by atoms with E-state index in [-0.39, 0.29) is 0 Å². The molecule has 0 saturated heterocycles. The third kappa shape index (κ3) is 3.80. The van der Waals surface area contributed by atoms with Crippen LogP contribution in [0.4, 0.5) is 0 Å². The SMILES string of the molecule is CCCCC(C(=O)O)C(C)(O)c1ccc(CC)cc1. The summed E-state index contributed by atoms with van der Waals surface area (Å²) in [5.74, 6) is -1.70. The van der Waals surface area contributed by atoms with Gasteiger partial charge in [0.05, 0.1) is 5.92 Å². The van der Waals surface area contributed by atoms with Crippen LogP contribution < -0.4 is 0 Å². The Morgan fingerprint density at radius 3 is 2.26 bits per heavy atom. The first-order valence-corrected chi connectivity index (χ1v) is 6.98. The van der Waals surface area contributed by atoms with Gasteiger partial charge in [0.25, 0.3) is 0 Å². The summed E-state index contributed by atoms with van der Waals surface area (Å²) in [4.78, 5) is 11.4. The summed E-state index contributed by atoms with van der Waals surface area (Å²) < 4.78 is 0. The van der Waals surface area contributed by atoms with E-state index in [1.165, 1.54) is 5.56 Å². The summed E-state index contributed by atoms with van der Waals surface area (Å²) in [6, 6.07) is 7.56. The molecule has 1 aromatic rings. The summed E-state index contributed by atoms with van der Waals surface area (Å²) in [5.41, 5.74) is 0.529. The van der Waals surface area contributed by atoms with Gasteiger partial charge in [-0.15, -0.1) is 0 Å². The average Bonchev–Trinajstić information content (AvgIpc) is 2.38.